The van der Waals surface area contributed by atoms with Crippen LogP contribution in [0.4, 0.5) is 0 Å². The first-order valence-corrected chi connectivity index (χ1v) is 28.4. The van der Waals surface area contributed by atoms with Gasteiger partial charge in [-0.25, -0.2) is 0 Å². The van der Waals surface area contributed by atoms with Crippen LogP contribution in [0.5, 0.6) is 0 Å². The minimum absolute atomic E-state index is 0.257. The molecule has 2 heterocycles. The highest BCUT2D eigenvalue weighted by atomic mass is 16.7. The molecule has 15 heteroatoms. The van der Waals surface area contributed by atoms with E-state index in [9.17, 15) is 50.8 Å². The van der Waals surface area contributed by atoms with E-state index in [1.54, 1.807) is 6.08 Å². The molecule has 2 aliphatic rings. The van der Waals surface area contributed by atoms with Crippen LogP contribution in [0.1, 0.15) is 226 Å². The Kier molecular flexibility index (Phi) is 38.0. The number of aliphatic hydroxyl groups excluding tert-OH is 9. The molecule has 0 spiro atoms. The summed E-state index contributed by atoms with van der Waals surface area (Å²) in [5.74, 6) is 0.129. The van der Waals surface area contributed by atoms with Gasteiger partial charge in [-0.05, 0) is 25.2 Å². The van der Waals surface area contributed by atoms with Crippen molar-refractivity contribution < 1.29 is 69.7 Å². The van der Waals surface area contributed by atoms with Crippen molar-refractivity contribution in [3.8, 4) is 0 Å². The summed E-state index contributed by atoms with van der Waals surface area (Å²) in [5.41, 5.74) is 0. The summed E-state index contributed by atoms with van der Waals surface area (Å²) in [7, 11) is 0. The van der Waals surface area contributed by atoms with Crippen LogP contribution in [0.15, 0.2) is 12.2 Å². The molecule has 414 valence electrons. The Morgan fingerprint density at radius 2 is 1.00 bits per heavy atom. The third kappa shape index (κ3) is 27.3. The molecule has 2 fully saturated rings. The number of carbonyl (C=O) groups is 1. The molecule has 2 aliphatic heterocycles. The molecule has 70 heavy (non-hydrogen) atoms. The topological polar surface area (TPSA) is 248 Å². The first-order chi connectivity index (χ1) is 33.9. The van der Waals surface area contributed by atoms with E-state index in [1.807, 2.05) is 6.08 Å². The van der Waals surface area contributed by atoms with E-state index in [1.165, 1.54) is 148 Å². The van der Waals surface area contributed by atoms with Crippen molar-refractivity contribution in [1.29, 1.82) is 0 Å². The number of amides is 1. The monoisotopic (exact) mass is 1000 g/mol. The SMILES string of the molecule is CCCCCCCCCCCCCCCCCCCCCC[C@@H](O)C(=O)N[C@@H](CO[C@@H]1O[C@H](CO)[C@@H](O[C@@H]2O[C@H](CO)[C@H](O)[C@H](O)[C@H]2O)[C@H](O)[C@H]1O)[C@H](O)/C=C/CCCCCCCCCC[C@H](C)CC. The minimum Gasteiger partial charge on any atom is -0.394 e. The van der Waals surface area contributed by atoms with Crippen molar-refractivity contribution in [2.45, 2.75) is 306 Å². The van der Waals surface area contributed by atoms with E-state index >= 15 is 0 Å². The third-order valence-corrected chi connectivity index (χ3v) is 14.6. The van der Waals surface area contributed by atoms with E-state index in [0.29, 0.717) is 6.42 Å². The maximum atomic E-state index is 13.3. The molecule has 14 atom stereocenters. The van der Waals surface area contributed by atoms with Gasteiger partial charge in [0.2, 0.25) is 5.91 Å². The minimum atomic E-state index is -1.81. The molecule has 15 nitrogen and oxygen atoms in total. The van der Waals surface area contributed by atoms with Gasteiger partial charge in [-0.2, -0.15) is 0 Å². The fraction of sp³-hybridized carbons (Fsp3) is 0.945. The van der Waals surface area contributed by atoms with E-state index in [2.05, 4.69) is 26.1 Å². The van der Waals surface area contributed by atoms with Crippen LogP contribution in [0.2, 0.25) is 0 Å². The van der Waals surface area contributed by atoms with Crippen LogP contribution in [0, 0.1) is 5.92 Å². The van der Waals surface area contributed by atoms with Crippen molar-refractivity contribution in [1.82, 2.24) is 5.32 Å². The molecule has 0 aromatic heterocycles. The Hall–Kier alpha value is -1.31. The summed E-state index contributed by atoms with van der Waals surface area (Å²) < 4.78 is 22.6. The molecule has 0 saturated carbocycles. The molecule has 2 saturated heterocycles. The average Bonchev–Trinajstić information content (AvgIpc) is 3.36. The fourth-order valence-electron chi connectivity index (χ4n) is 9.51. The summed E-state index contributed by atoms with van der Waals surface area (Å²) in [6.45, 7) is 4.95. The van der Waals surface area contributed by atoms with Gasteiger partial charge in [-0.15, -0.1) is 0 Å². The van der Waals surface area contributed by atoms with E-state index in [0.717, 1.165) is 50.9 Å². The Labute approximate surface area is 423 Å². The Bertz CT molecular complexity index is 1260. The summed E-state index contributed by atoms with van der Waals surface area (Å²) in [6.07, 6.45) is 22.8. The molecular weight excluding hydrogens is 899 g/mol. The normalized spacial score (nSPS) is 26.9. The second kappa shape index (κ2) is 41.0. The lowest BCUT2D eigenvalue weighted by atomic mass is 9.97. The Morgan fingerprint density at radius 1 is 0.557 bits per heavy atom. The van der Waals surface area contributed by atoms with Gasteiger partial charge in [0.15, 0.2) is 12.6 Å². The zero-order valence-corrected chi connectivity index (χ0v) is 44.1. The van der Waals surface area contributed by atoms with Crippen molar-refractivity contribution in [2.24, 2.45) is 5.92 Å². The second-order valence-corrected chi connectivity index (χ2v) is 20.8. The van der Waals surface area contributed by atoms with Gasteiger partial charge in [-0.1, -0.05) is 219 Å². The maximum Gasteiger partial charge on any atom is 0.249 e. The molecular formula is C55H105NO14. The second-order valence-electron chi connectivity index (χ2n) is 20.8. The third-order valence-electron chi connectivity index (χ3n) is 14.6. The molecule has 2 rings (SSSR count). The number of aliphatic hydroxyl groups is 9. The van der Waals surface area contributed by atoms with Crippen LogP contribution < -0.4 is 5.32 Å². The first-order valence-electron chi connectivity index (χ1n) is 28.4. The summed E-state index contributed by atoms with van der Waals surface area (Å²) in [5, 5.41) is 97.6. The molecule has 1 amide bonds. The summed E-state index contributed by atoms with van der Waals surface area (Å²) in [4.78, 5) is 13.3. The lowest BCUT2D eigenvalue weighted by molar-refractivity contribution is -0.359. The standard InChI is InChI=1S/C55H105NO14/c1-4-6-7-8-9-10-11-12-13-14-15-16-17-18-19-20-25-28-31-34-37-44(60)53(66)56-42(43(59)36-33-30-27-24-22-21-23-26-29-32-35-41(3)5-2)40-67-54-51(65)49(63)52(46(39-58)69-54)70-55-50(64)48(62)47(61)45(38-57)68-55/h33,36,41-52,54-55,57-65H,4-32,34-35,37-40H2,1-3H3,(H,56,66)/b36-33+/t41-,42+,43-,44-,45-,46-,47+,48+,49-,50-,51-,52-,54-,55+/m1/s1. The predicted molar refractivity (Wildman–Crippen MR) is 274 cm³/mol. The van der Waals surface area contributed by atoms with E-state index in [4.69, 9.17) is 18.9 Å². The molecule has 0 radical (unpaired) electrons. The molecule has 0 aliphatic carbocycles. The highest BCUT2D eigenvalue weighted by Gasteiger charge is 2.51. The van der Waals surface area contributed by atoms with Crippen LogP contribution in [-0.2, 0) is 23.7 Å². The largest absolute Gasteiger partial charge is 0.394 e. The lowest BCUT2D eigenvalue weighted by Gasteiger charge is -2.46. The highest BCUT2D eigenvalue weighted by molar-refractivity contribution is 5.80. The van der Waals surface area contributed by atoms with E-state index in [-0.39, 0.29) is 6.42 Å². The number of allylic oxidation sites excluding steroid dienone is 1. The first kappa shape index (κ1) is 64.8. The summed E-state index contributed by atoms with van der Waals surface area (Å²) >= 11 is 0. The van der Waals surface area contributed by atoms with Crippen molar-refractivity contribution in [3.63, 3.8) is 0 Å². The van der Waals surface area contributed by atoms with E-state index < -0.39 is 105 Å². The van der Waals surface area contributed by atoms with Gasteiger partial charge in [-0.3, -0.25) is 4.79 Å². The van der Waals surface area contributed by atoms with Crippen molar-refractivity contribution in [3.05, 3.63) is 12.2 Å². The van der Waals surface area contributed by atoms with Crippen molar-refractivity contribution in [2.75, 3.05) is 19.8 Å². The van der Waals surface area contributed by atoms with Crippen molar-refractivity contribution >= 4 is 5.91 Å². The highest BCUT2D eigenvalue weighted by Crippen LogP contribution is 2.30. The Morgan fingerprint density at radius 3 is 1.49 bits per heavy atom. The molecule has 0 aromatic carbocycles. The number of ether oxygens (including phenoxy) is 4. The van der Waals surface area contributed by atoms with Gasteiger partial charge in [0.05, 0.1) is 32.0 Å². The smallest absolute Gasteiger partial charge is 0.249 e. The predicted octanol–water partition coefficient (Wildman–Crippen LogP) is 7.55. The van der Waals surface area contributed by atoms with Gasteiger partial charge in [0, 0.05) is 0 Å². The maximum absolute atomic E-state index is 13.3. The van der Waals surface area contributed by atoms with Crippen LogP contribution in [0.25, 0.3) is 0 Å². The summed E-state index contributed by atoms with van der Waals surface area (Å²) in [6, 6.07) is -1.09. The van der Waals surface area contributed by atoms with Gasteiger partial charge in [0.1, 0.15) is 54.9 Å². The number of carbonyl (C=O) groups excluding carboxylic acids is 1. The fourth-order valence-corrected chi connectivity index (χ4v) is 9.51. The molecule has 0 aromatic rings. The molecule has 0 bridgehead atoms. The van der Waals surface area contributed by atoms with Gasteiger partial charge < -0.3 is 70.2 Å². The number of hydrogen-bond acceptors (Lipinski definition) is 14. The molecule has 0 unspecified atom stereocenters. The van der Waals surface area contributed by atoms with Gasteiger partial charge >= 0.3 is 0 Å². The van der Waals surface area contributed by atoms with Gasteiger partial charge in [0.25, 0.3) is 0 Å². The number of unbranched alkanes of at least 4 members (excludes halogenated alkanes) is 27. The van der Waals surface area contributed by atoms with Crippen LogP contribution in [0.3, 0.4) is 0 Å². The Balaban J connectivity index is 1.82. The lowest BCUT2D eigenvalue weighted by Crippen LogP contribution is -2.65. The van der Waals surface area contributed by atoms with Crippen LogP contribution in [-0.4, -0.2) is 151 Å². The number of hydrogen-bond donors (Lipinski definition) is 10. The number of nitrogens with one attached hydrogen (secondary N) is 1. The number of rotatable bonds is 44. The average molecular weight is 1000 g/mol. The van der Waals surface area contributed by atoms with Crippen LogP contribution >= 0.6 is 0 Å². The molecule has 10 N–H and O–H groups in total. The zero-order valence-electron chi connectivity index (χ0n) is 44.1. The quantitative estimate of drug-likeness (QED) is 0.0209. The zero-order chi connectivity index (χ0) is 51.4.